The van der Waals surface area contributed by atoms with Gasteiger partial charge in [0.2, 0.25) is 0 Å². The highest BCUT2D eigenvalue weighted by Gasteiger charge is 2.19. The quantitative estimate of drug-likeness (QED) is 0.507. The molecule has 1 aliphatic carbocycles. The Balaban J connectivity index is 1.56. The van der Waals surface area contributed by atoms with Crippen LogP contribution in [0, 0.1) is 12.8 Å². The summed E-state index contributed by atoms with van der Waals surface area (Å²) in [5.41, 5.74) is 4.90. The zero-order chi connectivity index (χ0) is 16.8. The molecule has 0 spiro atoms. The zero-order valence-corrected chi connectivity index (χ0v) is 14.7. The van der Waals surface area contributed by atoms with E-state index in [9.17, 15) is 0 Å². The molecule has 0 unspecified atom stereocenters. The van der Waals surface area contributed by atoms with Gasteiger partial charge in [0.1, 0.15) is 0 Å². The molecule has 2 heteroatoms. The molecule has 0 bridgehead atoms. The summed E-state index contributed by atoms with van der Waals surface area (Å²) in [5.74, 6) is 1.64. The van der Waals surface area contributed by atoms with Crippen LogP contribution in [0.4, 0.5) is 0 Å². The van der Waals surface area contributed by atoms with E-state index in [0.29, 0.717) is 0 Å². The average molecular weight is 318 g/mol. The van der Waals surface area contributed by atoms with Gasteiger partial charge in [-0.1, -0.05) is 73.9 Å². The SMILES string of the molecule is Cc1ccc(/C=N\N=C/c2ccc(C3CCC(C)CC3)cc2)cc1. The molecule has 0 aliphatic heterocycles. The molecule has 2 aromatic carbocycles. The van der Waals surface area contributed by atoms with Gasteiger partial charge in [-0.3, -0.25) is 0 Å². The second-order valence-corrected chi connectivity index (χ2v) is 7.02. The smallest absolute Gasteiger partial charge is 0.0568 e. The lowest BCUT2D eigenvalue weighted by Gasteiger charge is -2.26. The highest BCUT2D eigenvalue weighted by Crippen LogP contribution is 2.35. The molecular weight excluding hydrogens is 292 g/mol. The molecule has 0 aromatic heterocycles. The summed E-state index contributed by atoms with van der Waals surface area (Å²) >= 11 is 0. The molecule has 1 fully saturated rings. The van der Waals surface area contributed by atoms with Gasteiger partial charge in [-0.25, -0.2) is 0 Å². The fourth-order valence-corrected chi connectivity index (χ4v) is 3.30. The molecule has 0 saturated heterocycles. The van der Waals surface area contributed by atoms with E-state index >= 15 is 0 Å². The molecular formula is C22H26N2. The molecule has 0 N–H and O–H groups in total. The molecule has 124 valence electrons. The van der Waals surface area contributed by atoms with Crippen LogP contribution in [-0.2, 0) is 0 Å². The molecule has 1 aliphatic rings. The Labute approximate surface area is 145 Å². The van der Waals surface area contributed by atoms with Crippen molar-refractivity contribution in [3.8, 4) is 0 Å². The first-order valence-electron chi connectivity index (χ1n) is 8.94. The lowest BCUT2D eigenvalue weighted by molar-refractivity contribution is 0.348. The van der Waals surface area contributed by atoms with E-state index in [2.05, 4.69) is 60.4 Å². The highest BCUT2D eigenvalue weighted by molar-refractivity contribution is 5.82. The van der Waals surface area contributed by atoms with Gasteiger partial charge in [0.15, 0.2) is 0 Å². The minimum absolute atomic E-state index is 0.742. The third kappa shape index (κ3) is 4.64. The predicted octanol–water partition coefficient (Wildman–Crippen LogP) is 5.74. The number of aryl methyl sites for hydroxylation is 1. The van der Waals surface area contributed by atoms with Crippen LogP contribution in [0.1, 0.15) is 60.8 Å². The fraction of sp³-hybridized carbons (Fsp3) is 0.364. The van der Waals surface area contributed by atoms with Crippen LogP contribution in [0.15, 0.2) is 58.7 Å². The second kappa shape index (κ2) is 8.05. The number of benzene rings is 2. The van der Waals surface area contributed by atoms with E-state index in [4.69, 9.17) is 0 Å². The Bertz CT molecular complexity index is 688. The lowest BCUT2D eigenvalue weighted by atomic mass is 9.79. The summed E-state index contributed by atoms with van der Waals surface area (Å²) in [6.07, 6.45) is 8.99. The minimum Gasteiger partial charge on any atom is -0.159 e. The third-order valence-electron chi connectivity index (χ3n) is 4.98. The molecule has 2 aromatic rings. The Kier molecular flexibility index (Phi) is 5.58. The molecule has 3 rings (SSSR count). The molecule has 0 radical (unpaired) electrons. The number of nitrogens with zero attached hydrogens (tertiary/aromatic N) is 2. The van der Waals surface area contributed by atoms with E-state index in [1.165, 1.54) is 36.8 Å². The maximum Gasteiger partial charge on any atom is 0.0568 e. The van der Waals surface area contributed by atoms with E-state index in [0.717, 1.165) is 23.0 Å². The topological polar surface area (TPSA) is 24.7 Å². The first-order chi connectivity index (χ1) is 11.7. The van der Waals surface area contributed by atoms with Crippen LogP contribution in [-0.4, -0.2) is 12.4 Å². The van der Waals surface area contributed by atoms with Gasteiger partial charge in [-0.15, -0.1) is 0 Å². The van der Waals surface area contributed by atoms with Crippen molar-refractivity contribution in [1.29, 1.82) is 0 Å². The normalized spacial score (nSPS) is 21.6. The first kappa shape index (κ1) is 16.6. The van der Waals surface area contributed by atoms with Gasteiger partial charge < -0.3 is 0 Å². The second-order valence-electron chi connectivity index (χ2n) is 7.02. The van der Waals surface area contributed by atoms with E-state index in [1.807, 2.05) is 18.3 Å². The first-order valence-corrected chi connectivity index (χ1v) is 8.94. The predicted molar refractivity (Wildman–Crippen MR) is 103 cm³/mol. The maximum absolute atomic E-state index is 4.16. The minimum atomic E-state index is 0.742. The van der Waals surface area contributed by atoms with Crippen LogP contribution in [0.5, 0.6) is 0 Å². The lowest BCUT2D eigenvalue weighted by Crippen LogP contribution is -2.10. The van der Waals surface area contributed by atoms with Crippen molar-refractivity contribution in [2.75, 3.05) is 0 Å². The van der Waals surface area contributed by atoms with E-state index in [1.54, 1.807) is 6.21 Å². The molecule has 1 saturated carbocycles. The molecule has 0 atom stereocenters. The fourth-order valence-electron chi connectivity index (χ4n) is 3.30. The Morgan fingerprint density at radius 2 is 1.25 bits per heavy atom. The van der Waals surface area contributed by atoms with Crippen molar-refractivity contribution in [2.45, 2.75) is 45.4 Å². The Hall–Kier alpha value is -2.22. The van der Waals surface area contributed by atoms with Crippen molar-refractivity contribution in [1.82, 2.24) is 0 Å². The highest BCUT2D eigenvalue weighted by atomic mass is 15.2. The van der Waals surface area contributed by atoms with Gasteiger partial charge in [-0.05, 0) is 48.3 Å². The van der Waals surface area contributed by atoms with Crippen LogP contribution < -0.4 is 0 Å². The number of hydrogen-bond acceptors (Lipinski definition) is 2. The van der Waals surface area contributed by atoms with Crippen LogP contribution in [0.25, 0.3) is 0 Å². The Morgan fingerprint density at radius 1 is 0.750 bits per heavy atom. The van der Waals surface area contributed by atoms with Gasteiger partial charge in [0.25, 0.3) is 0 Å². The molecule has 2 nitrogen and oxygen atoms in total. The standard InChI is InChI=1S/C22H26N2/c1-17-3-7-19(8-4-17)15-23-24-16-20-9-13-22(14-10-20)21-11-5-18(2)6-12-21/h3-4,7-10,13-16,18,21H,5-6,11-12H2,1-2H3/b23-15-,24-16-. The summed E-state index contributed by atoms with van der Waals surface area (Å²) in [6, 6.07) is 17.1. The van der Waals surface area contributed by atoms with Gasteiger partial charge in [0, 0.05) is 0 Å². The van der Waals surface area contributed by atoms with Gasteiger partial charge >= 0.3 is 0 Å². The summed E-state index contributed by atoms with van der Waals surface area (Å²) < 4.78 is 0. The number of rotatable bonds is 4. The summed E-state index contributed by atoms with van der Waals surface area (Å²) in [7, 11) is 0. The molecule has 0 amide bonds. The maximum atomic E-state index is 4.16. The summed E-state index contributed by atoms with van der Waals surface area (Å²) in [5, 5.41) is 8.29. The summed E-state index contributed by atoms with van der Waals surface area (Å²) in [6.45, 7) is 4.45. The van der Waals surface area contributed by atoms with Gasteiger partial charge in [-0.2, -0.15) is 10.2 Å². The largest absolute Gasteiger partial charge is 0.159 e. The molecule has 24 heavy (non-hydrogen) atoms. The van der Waals surface area contributed by atoms with Crippen molar-refractivity contribution in [3.63, 3.8) is 0 Å². The zero-order valence-electron chi connectivity index (χ0n) is 14.7. The van der Waals surface area contributed by atoms with Crippen LogP contribution in [0.3, 0.4) is 0 Å². The van der Waals surface area contributed by atoms with Crippen molar-refractivity contribution in [3.05, 3.63) is 70.8 Å². The monoisotopic (exact) mass is 318 g/mol. The van der Waals surface area contributed by atoms with Crippen molar-refractivity contribution >= 4 is 12.4 Å². The van der Waals surface area contributed by atoms with Gasteiger partial charge in [0.05, 0.1) is 12.4 Å². The average Bonchev–Trinajstić information content (AvgIpc) is 2.62. The summed E-state index contributed by atoms with van der Waals surface area (Å²) in [4.78, 5) is 0. The van der Waals surface area contributed by atoms with E-state index in [-0.39, 0.29) is 0 Å². The Morgan fingerprint density at radius 3 is 1.79 bits per heavy atom. The van der Waals surface area contributed by atoms with Crippen LogP contribution in [0.2, 0.25) is 0 Å². The number of hydrogen-bond donors (Lipinski definition) is 0. The van der Waals surface area contributed by atoms with Crippen molar-refractivity contribution < 1.29 is 0 Å². The molecule has 0 heterocycles. The van der Waals surface area contributed by atoms with Crippen molar-refractivity contribution in [2.24, 2.45) is 16.1 Å². The van der Waals surface area contributed by atoms with Crippen LogP contribution >= 0.6 is 0 Å². The third-order valence-corrected chi connectivity index (χ3v) is 4.98. The van der Waals surface area contributed by atoms with E-state index < -0.39 is 0 Å².